The van der Waals surface area contributed by atoms with Crippen molar-refractivity contribution in [2.45, 2.75) is 6.61 Å². The van der Waals surface area contributed by atoms with E-state index in [1.807, 2.05) is 0 Å². The first-order chi connectivity index (χ1) is 5.27. The zero-order valence-corrected chi connectivity index (χ0v) is 5.75. The summed E-state index contributed by atoms with van der Waals surface area (Å²) in [6.07, 6.45) is 0.610. The fourth-order valence-electron chi connectivity index (χ4n) is 0.789. The lowest BCUT2D eigenvalue weighted by Crippen LogP contribution is -1.91. The molecule has 11 heavy (non-hydrogen) atoms. The predicted molar refractivity (Wildman–Crippen MR) is 37.7 cm³/mol. The van der Waals surface area contributed by atoms with E-state index in [0.717, 1.165) is 6.07 Å². The van der Waals surface area contributed by atoms with Gasteiger partial charge in [0, 0.05) is 11.1 Å². The average molecular weight is 154 g/mol. The second-order valence-corrected chi connectivity index (χ2v) is 2.13. The molecule has 0 saturated heterocycles. The van der Waals surface area contributed by atoms with Crippen LogP contribution in [0.25, 0.3) is 0 Å². The number of aliphatic hydroxyl groups is 1. The van der Waals surface area contributed by atoms with E-state index in [0.29, 0.717) is 11.8 Å². The van der Waals surface area contributed by atoms with Crippen molar-refractivity contribution in [3.63, 3.8) is 0 Å². The van der Waals surface area contributed by atoms with Crippen LogP contribution in [0.4, 0.5) is 4.39 Å². The number of aliphatic hydroxyl groups excluding tert-OH is 1. The Morgan fingerprint density at radius 1 is 1.55 bits per heavy atom. The van der Waals surface area contributed by atoms with E-state index in [1.165, 1.54) is 12.1 Å². The van der Waals surface area contributed by atoms with Gasteiger partial charge in [-0.2, -0.15) is 0 Å². The summed E-state index contributed by atoms with van der Waals surface area (Å²) < 4.78 is 12.6. The molecule has 1 aromatic carbocycles. The second kappa shape index (κ2) is 3.25. The van der Waals surface area contributed by atoms with Crippen molar-refractivity contribution in [3.8, 4) is 0 Å². The van der Waals surface area contributed by atoms with E-state index in [1.54, 1.807) is 0 Å². The summed E-state index contributed by atoms with van der Waals surface area (Å²) in [6, 6.07) is 3.85. The summed E-state index contributed by atoms with van der Waals surface area (Å²) in [4.78, 5) is 10.2. The Balaban J connectivity index is 3.12. The fraction of sp³-hybridized carbons (Fsp3) is 0.125. The van der Waals surface area contributed by atoms with Gasteiger partial charge in [-0.15, -0.1) is 0 Å². The molecule has 0 saturated carbocycles. The monoisotopic (exact) mass is 154 g/mol. The first kappa shape index (κ1) is 7.88. The minimum Gasteiger partial charge on any atom is -0.392 e. The zero-order valence-electron chi connectivity index (χ0n) is 5.75. The van der Waals surface area contributed by atoms with Gasteiger partial charge in [-0.25, -0.2) is 4.39 Å². The van der Waals surface area contributed by atoms with Gasteiger partial charge in [0.15, 0.2) is 0 Å². The normalized spacial score (nSPS) is 9.64. The molecule has 0 heterocycles. The van der Waals surface area contributed by atoms with Gasteiger partial charge < -0.3 is 5.11 Å². The molecule has 0 unspecified atom stereocenters. The molecule has 0 aromatic heterocycles. The van der Waals surface area contributed by atoms with Crippen LogP contribution < -0.4 is 0 Å². The summed E-state index contributed by atoms with van der Waals surface area (Å²) in [7, 11) is 0. The molecule has 0 bridgehead atoms. The van der Waals surface area contributed by atoms with Crippen molar-refractivity contribution in [1.82, 2.24) is 0 Å². The number of hydrogen-bond acceptors (Lipinski definition) is 2. The van der Waals surface area contributed by atoms with Crippen LogP contribution in [0, 0.1) is 5.82 Å². The molecule has 1 aromatic rings. The number of carbonyl (C=O) groups is 1. The lowest BCUT2D eigenvalue weighted by Gasteiger charge is -1.97. The third kappa shape index (κ3) is 1.62. The number of halogens is 1. The number of aldehydes is 1. The van der Waals surface area contributed by atoms with Crippen molar-refractivity contribution in [3.05, 3.63) is 35.1 Å². The van der Waals surface area contributed by atoms with Crippen LogP contribution in [0.2, 0.25) is 0 Å². The molecule has 1 N–H and O–H groups in total. The summed E-state index contributed by atoms with van der Waals surface area (Å²) in [6.45, 7) is -0.381. The Morgan fingerprint density at radius 2 is 2.27 bits per heavy atom. The molecule has 1 rings (SSSR count). The maximum atomic E-state index is 12.6. The van der Waals surface area contributed by atoms with Gasteiger partial charge >= 0.3 is 0 Å². The SMILES string of the molecule is O=Cc1ccc(F)c(CO)c1. The summed E-state index contributed by atoms with van der Waals surface area (Å²) in [5.74, 6) is -0.488. The van der Waals surface area contributed by atoms with Crippen LogP contribution in [0.3, 0.4) is 0 Å². The molecule has 58 valence electrons. The summed E-state index contributed by atoms with van der Waals surface area (Å²) in [5, 5.41) is 8.58. The maximum absolute atomic E-state index is 12.6. The Hall–Kier alpha value is -1.22. The van der Waals surface area contributed by atoms with Gasteiger partial charge in [0.1, 0.15) is 12.1 Å². The molecule has 0 fully saturated rings. The van der Waals surface area contributed by atoms with E-state index in [9.17, 15) is 9.18 Å². The second-order valence-electron chi connectivity index (χ2n) is 2.13. The average Bonchev–Trinajstić information content (AvgIpc) is 2.05. The molecule has 0 atom stereocenters. The minimum absolute atomic E-state index is 0.148. The Labute approximate surface area is 63.3 Å². The summed E-state index contributed by atoms with van der Waals surface area (Å²) >= 11 is 0. The summed E-state index contributed by atoms with van der Waals surface area (Å²) in [5.41, 5.74) is 0.519. The van der Waals surface area contributed by atoms with Gasteiger partial charge in [-0.05, 0) is 18.2 Å². The zero-order chi connectivity index (χ0) is 8.27. The Morgan fingerprint density at radius 3 is 2.82 bits per heavy atom. The van der Waals surface area contributed by atoms with Gasteiger partial charge in [0.05, 0.1) is 6.61 Å². The highest BCUT2D eigenvalue weighted by molar-refractivity contribution is 5.74. The standard InChI is InChI=1S/C8H7FO2/c9-8-2-1-6(4-10)3-7(8)5-11/h1-4,11H,5H2. The number of rotatable bonds is 2. The Bertz CT molecular complexity index is 271. The van der Waals surface area contributed by atoms with Crippen molar-refractivity contribution in [1.29, 1.82) is 0 Å². The molecular weight excluding hydrogens is 147 g/mol. The van der Waals surface area contributed by atoms with E-state index in [4.69, 9.17) is 5.11 Å². The van der Waals surface area contributed by atoms with E-state index in [-0.39, 0.29) is 12.2 Å². The lowest BCUT2D eigenvalue weighted by atomic mass is 10.1. The van der Waals surface area contributed by atoms with E-state index in [2.05, 4.69) is 0 Å². The smallest absolute Gasteiger partial charge is 0.150 e. The highest BCUT2D eigenvalue weighted by atomic mass is 19.1. The van der Waals surface area contributed by atoms with Gasteiger partial charge in [-0.1, -0.05) is 0 Å². The molecule has 0 amide bonds. The fourth-order valence-corrected chi connectivity index (χ4v) is 0.789. The number of hydrogen-bond donors (Lipinski definition) is 1. The molecule has 0 aliphatic carbocycles. The largest absolute Gasteiger partial charge is 0.392 e. The van der Waals surface area contributed by atoms with Gasteiger partial charge in [0.25, 0.3) is 0 Å². The maximum Gasteiger partial charge on any atom is 0.150 e. The molecule has 0 radical (unpaired) electrons. The Kier molecular flexibility index (Phi) is 2.33. The van der Waals surface area contributed by atoms with Gasteiger partial charge in [-0.3, -0.25) is 4.79 Å². The first-order valence-electron chi connectivity index (χ1n) is 3.12. The molecule has 3 heteroatoms. The lowest BCUT2D eigenvalue weighted by molar-refractivity contribution is 0.112. The van der Waals surface area contributed by atoms with Crippen LogP contribution in [0.1, 0.15) is 15.9 Å². The van der Waals surface area contributed by atoms with Crippen molar-refractivity contribution in [2.24, 2.45) is 0 Å². The van der Waals surface area contributed by atoms with Crippen LogP contribution in [0.5, 0.6) is 0 Å². The third-order valence-corrected chi connectivity index (χ3v) is 1.38. The topological polar surface area (TPSA) is 37.3 Å². The quantitative estimate of drug-likeness (QED) is 0.648. The van der Waals surface area contributed by atoms with E-state index < -0.39 is 5.82 Å². The number of benzene rings is 1. The highest BCUT2D eigenvalue weighted by Gasteiger charge is 2.00. The van der Waals surface area contributed by atoms with Gasteiger partial charge in [0.2, 0.25) is 0 Å². The molecule has 2 nitrogen and oxygen atoms in total. The van der Waals surface area contributed by atoms with E-state index >= 15 is 0 Å². The highest BCUT2D eigenvalue weighted by Crippen LogP contribution is 2.08. The molecule has 0 aliphatic rings. The third-order valence-electron chi connectivity index (χ3n) is 1.38. The van der Waals surface area contributed by atoms with Crippen LogP contribution in [0.15, 0.2) is 18.2 Å². The predicted octanol–water partition coefficient (Wildman–Crippen LogP) is 1.13. The molecular formula is C8H7FO2. The van der Waals surface area contributed by atoms with Crippen molar-refractivity contribution in [2.75, 3.05) is 0 Å². The van der Waals surface area contributed by atoms with Crippen LogP contribution >= 0.6 is 0 Å². The van der Waals surface area contributed by atoms with Crippen LogP contribution in [-0.2, 0) is 6.61 Å². The number of carbonyl (C=O) groups excluding carboxylic acids is 1. The van der Waals surface area contributed by atoms with Crippen molar-refractivity contribution < 1.29 is 14.3 Å². The first-order valence-corrected chi connectivity index (χ1v) is 3.12. The minimum atomic E-state index is -0.488. The van der Waals surface area contributed by atoms with Crippen LogP contribution in [-0.4, -0.2) is 11.4 Å². The molecule has 0 spiro atoms. The molecule has 0 aliphatic heterocycles. The van der Waals surface area contributed by atoms with Crippen molar-refractivity contribution >= 4 is 6.29 Å².